The Morgan fingerprint density at radius 2 is 1.41 bits per heavy atom. The van der Waals surface area contributed by atoms with Crippen LogP contribution in [0.3, 0.4) is 0 Å². The van der Waals surface area contributed by atoms with Crippen molar-refractivity contribution in [3.8, 4) is 0 Å². The third kappa shape index (κ3) is 5.07. The van der Waals surface area contributed by atoms with Gasteiger partial charge in [0.05, 0.1) is 17.6 Å². The number of halogens is 1. The van der Waals surface area contributed by atoms with Crippen LogP contribution in [0.2, 0.25) is 0 Å². The van der Waals surface area contributed by atoms with Gasteiger partial charge in [0.1, 0.15) is 5.82 Å². The third-order valence-corrected chi connectivity index (χ3v) is 6.19. The lowest BCUT2D eigenvalue weighted by Gasteiger charge is -2.23. The number of methoxy groups -OCH3 is 1. The first kappa shape index (κ1) is 20.7. The predicted molar refractivity (Wildman–Crippen MR) is 107 cm³/mol. The van der Waals surface area contributed by atoms with Crippen LogP contribution in [0, 0.1) is 5.82 Å². The van der Waals surface area contributed by atoms with Crippen LogP contribution >= 0.6 is 0 Å². The molecule has 0 saturated heterocycles. The molecule has 0 fully saturated rings. The molecule has 3 aromatic rings. The van der Waals surface area contributed by atoms with Gasteiger partial charge in [-0.25, -0.2) is 17.6 Å². The van der Waals surface area contributed by atoms with Crippen molar-refractivity contribution in [1.82, 2.24) is 4.31 Å². The number of carbonyl (C=O) groups excluding carboxylic acids is 1. The van der Waals surface area contributed by atoms with Gasteiger partial charge in [-0.15, -0.1) is 0 Å². The molecule has 5 nitrogen and oxygen atoms in total. The molecule has 29 heavy (non-hydrogen) atoms. The SMILES string of the molecule is COC(=O)c1ccc(CN(Cc2ccccc2)S(=O)(=O)c2ccc(F)cc2)cc1. The zero-order valence-corrected chi connectivity index (χ0v) is 16.6. The van der Waals surface area contributed by atoms with Gasteiger partial charge in [0.25, 0.3) is 0 Å². The van der Waals surface area contributed by atoms with Gasteiger partial charge in [0, 0.05) is 13.1 Å². The fourth-order valence-electron chi connectivity index (χ4n) is 2.84. The van der Waals surface area contributed by atoms with E-state index in [4.69, 9.17) is 0 Å². The van der Waals surface area contributed by atoms with E-state index in [-0.39, 0.29) is 18.0 Å². The molecule has 0 saturated carbocycles. The van der Waals surface area contributed by atoms with Gasteiger partial charge < -0.3 is 4.74 Å². The van der Waals surface area contributed by atoms with Crippen molar-refractivity contribution in [2.75, 3.05) is 7.11 Å². The Hall–Kier alpha value is -3.03. The fourth-order valence-corrected chi connectivity index (χ4v) is 4.25. The van der Waals surface area contributed by atoms with Crippen LogP contribution in [0.15, 0.2) is 83.8 Å². The molecule has 150 valence electrons. The van der Waals surface area contributed by atoms with Gasteiger partial charge in [-0.2, -0.15) is 4.31 Å². The summed E-state index contributed by atoms with van der Waals surface area (Å²) in [6.07, 6.45) is 0. The smallest absolute Gasteiger partial charge is 0.337 e. The molecule has 0 amide bonds. The summed E-state index contributed by atoms with van der Waals surface area (Å²) in [7, 11) is -2.57. The molecule has 0 bridgehead atoms. The summed E-state index contributed by atoms with van der Waals surface area (Å²) in [4.78, 5) is 11.6. The number of esters is 1. The maximum absolute atomic E-state index is 13.3. The molecule has 0 N–H and O–H groups in total. The summed E-state index contributed by atoms with van der Waals surface area (Å²) in [5, 5.41) is 0. The average Bonchev–Trinajstić information content (AvgIpc) is 2.74. The van der Waals surface area contributed by atoms with Gasteiger partial charge in [-0.1, -0.05) is 42.5 Å². The molecule has 0 heterocycles. The number of hydrogen-bond acceptors (Lipinski definition) is 4. The molecule has 0 aliphatic carbocycles. The van der Waals surface area contributed by atoms with E-state index in [1.807, 2.05) is 30.3 Å². The molecule has 0 spiro atoms. The Kier molecular flexibility index (Phi) is 6.41. The summed E-state index contributed by atoms with van der Waals surface area (Å²) < 4.78 is 45.7. The lowest BCUT2D eigenvalue weighted by molar-refractivity contribution is 0.0600. The van der Waals surface area contributed by atoms with Crippen LogP contribution in [0.4, 0.5) is 4.39 Å². The predicted octanol–water partition coefficient (Wildman–Crippen LogP) is 4.00. The topological polar surface area (TPSA) is 63.7 Å². The van der Waals surface area contributed by atoms with Crippen LogP contribution in [0.1, 0.15) is 21.5 Å². The lowest BCUT2D eigenvalue weighted by Crippen LogP contribution is -2.30. The van der Waals surface area contributed by atoms with E-state index in [9.17, 15) is 17.6 Å². The Labute approximate surface area is 169 Å². The van der Waals surface area contributed by atoms with E-state index in [0.29, 0.717) is 11.1 Å². The highest BCUT2D eigenvalue weighted by molar-refractivity contribution is 7.89. The summed E-state index contributed by atoms with van der Waals surface area (Å²) in [6, 6.07) is 20.5. The number of carbonyl (C=O) groups is 1. The van der Waals surface area contributed by atoms with E-state index in [1.54, 1.807) is 24.3 Å². The van der Waals surface area contributed by atoms with E-state index in [0.717, 1.165) is 17.7 Å². The zero-order chi connectivity index (χ0) is 20.9. The maximum atomic E-state index is 13.3. The first-order chi connectivity index (χ1) is 13.9. The standard InChI is InChI=1S/C22H20FNO4S/c1-28-22(25)19-9-7-18(8-10-19)16-24(15-17-5-3-2-4-6-17)29(26,27)21-13-11-20(23)12-14-21/h2-14H,15-16H2,1H3. The number of sulfonamides is 1. The monoisotopic (exact) mass is 413 g/mol. The minimum Gasteiger partial charge on any atom is -0.465 e. The van der Waals surface area contributed by atoms with Crippen LogP contribution in [-0.2, 0) is 27.8 Å². The number of benzene rings is 3. The quantitative estimate of drug-likeness (QED) is 0.549. The van der Waals surface area contributed by atoms with Crippen molar-refractivity contribution in [3.63, 3.8) is 0 Å². The van der Waals surface area contributed by atoms with Gasteiger partial charge in [0.2, 0.25) is 10.0 Å². The Morgan fingerprint density at radius 3 is 1.97 bits per heavy atom. The molecular weight excluding hydrogens is 393 g/mol. The number of nitrogens with zero attached hydrogens (tertiary/aromatic N) is 1. The summed E-state index contributed by atoms with van der Waals surface area (Å²) in [5.41, 5.74) is 1.91. The minimum absolute atomic E-state index is 0.0148. The van der Waals surface area contributed by atoms with E-state index < -0.39 is 21.8 Å². The molecule has 0 aromatic heterocycles. The second kappa shape index (κ2) is 8.98. The number of rotatable bonds is 7. The zero-order valence-electron chi connectivity index (χ0n) is 15.8. The first-order valence-corrected chi connectivity index (χ1v) is 10.3. The highest BCUT2D eigenvalue weighted by atomic mass is 32.2. The van der Waals surface area contributed by atoms with Gasteiger partial charge in [-0.3, -0.25) is 0 Å². The molecule has 0 unspecified atom stereocenters. The number of ether oxygens (including phenoxy) is 1. The Balaban J connectivity index is 1.92. The Morgan fingerprint density at radius 1 is 0.862 bits per heavy atom. The van der Waals surface area contributed by atoms with Crippen LogP contribution in [-0.4, -0.2) is 25.8 Å². The summed E-state index contributed by atoms with van der Waals surface area (Å²) >= 11 is 0. The van der Waals surface area contributed by atoms with Gasteiger partial charge in [0.15, 0.2) is 0 Å². The van der Waals surface area contributed by atoms with Crippen molar-refractivity contribution in [2.24, 2.45) is 0 Å². The number of hydrogen-bond donors (Lipinski definition) is 0. The summed E-state index contributed by atoms with van der Waals surface area (Å²) in [5.74, 6) is -0.964. The van der Waals surface area contributed by atoms with E-state index in [1.165, 1.54) is 23.5 Å². The molecule has 0 aliphatic heterocycles. The van der Waals surface area contributed by atoms with Gasteiger partial charge in [-0.05, 0) is 47.5 Å². The van der Waals surface area contributed by atoms with E-state index in [2.05, 4.69) is 4.74 Å². The summed E-state index contributed by atoms with van der Waals surface area (Å²) in [6.45, 7) is 0.245. The lowest BCUT2D eigenvalue weighted by atomic mass is 10.1. The van der Waals surface area contributed by atoms with Crippen molar-refractivity contribution in [3.05, 3.63) is 101 Å². The average molecular weight is 413 g/mol. The molecule has 3 aromatic carbocycles. The molecular formula is C22H20FNO4S. The molecule has 7 heteroatoms. The normalized spacial score (nSPS) is 11.4. The van der Waals surface area contributed by atoms with E-state index >= 15 is 0 Å². The Bertz CT molecular complexity index is 1070. The molecule has 3 rings (SSSR count). The highest BCUT2D eigenvalue weighted by Crippen LogP contribution is 2.22. The van der Waals surface area contributed by atoms with Crippen LogP contribution < -0.4 is 0 Å². The van der Waals surface area contributed by atoms with Crippen molar-refractivity contribution in [1.29, 1.82) is 0 Å². The van der Waals surface area contributed by atoms with Crippen LogP contribution in [0.5, 0.6) is 0 Å². The van der Waals surface area contributed by atoms with Crippen molar-refractivity contribution in [2.45, 2.75) is 18.0 Å². The third-order valence-electron chi connectivity index (χ3n) is 4.39. The van der Waals surface area contributed by atoms with Crippen molar-refractivity contribution < 1.29 is 22.3 Å². The first-order valence-electron chi connectivity index (χ1n) is 8.87. The second-order valence-corrected chi connectivity index (χ2v) is 8.34. The molecule has 0 aliphatic rings. The maximum Gasteiger partial charge on any atom is 0.337 e. The molecule has 0 atom stereocenters. The largest absolute Gasteiger partial charge is 0.465 e. The van der Waals surface area contributed by atoms with Crippen molar-refractivity contribution >= 4 is 16.0 Å². The fraction of sp³-hybridized carbons (Fsp3) is 0.136. The molecule has 0 radical (unpaired) electrons. The second-order valence-electron chi connectivity index (χ2n) is 6.40. The van der Waals surface area contributed by atoms with Gasteiger partial charge >= 0.3 is 5.97 Å². The van der Waals surface area contributed by atoms with Crippen LogP contribution in [0.25, 0.3) is 0 Å². The minimum atomic E-state index is -3.87. The highest BCUT2D eigenvalue weighted by Gasteiger charge is 2.25.